The van der Waals surface area contributed by atoms with Crippen LogP contribution in [0.1, 0.15) is 40.0 Å². The second-order valence-electron chi connectivity index (χ2n) is 4.72. The fourth-order valence-corrected chi connectivity index (χ4v) is 2.17. The van der Waals surface area contributed by atoms with Gasteiger partial charge in [0.05, 0.1) is 4.99 Å². The van der Waals surface area contributed by atoms with Crippen molar-refractivity contribution in [1.29, 1.82) is 0 Å². The first-order chi connectivity index (χ1) is 6.49. The molecule has 0 aromatic carbocycles. The van der Waals surface area contributed by atoms with Gasteiger partial charge in [0.15, 0.2) is 0 Å². The molecule has 0 aliphatic carbocycles. The van der Waals surface area contributed by atoms with Crippen LogP contribution in [0.5, 0.6) is 0 Å². The molecule has 0 radical (unpaired) electrons. The highest BCUT2D eigenvalue weighted by molar-refractivity contribution is 7.80. The van der Waals surface area contributed by atoms with Gasteiger partial charge in [-0.1, -0.05) is 26.1 Å². The molecular formula is C11H22N2S. The van der Waals surface area contributed by atoms with E-state index in [-0.39, 0.29) is 5.41 Å². The molecule has 82 valence electrons. The number of nitrogens with two attached hydrogens (primary N) is 1. The van der Waals surface area contributed by atoms with Crippen LogP contribution in [-0.2, 0) is 0 Å². The first-order valence-corrected chi connectivity index (χ1v) is 5.94. The molecule has 0 spiro atoms. The quantitative estimate of drug-likeness (QED) is 0.730. The predicted octanol–water partition coefficient (Wildman–Crippen LogP) is 2.17. The second kappa shape index (κ2) is 4.58. The Labute approximate surface area is 92.8 Å². The lowest BCUT2D eigenvalue weighted by Gasteiger charge is -2.41. The van der Waals surface area contributed by atoms with E-state index in [2.05, 4.69) is 25.7 Å². The lowest BCUT2D eigenvalue weighted by atomic mass is 9.80. The van der Waals surface area contributed by atoms with Crippen LogP contribution in [0.3, 0.4) is 0 Å². The molecule has 1 unspecified atom stereocenters. The zero-order valence-electron chi connectivity index (χ0n) is 9.55. The van der Waals surface area contributed by atoms with E-state index < -0.39 is 0 Å². The third-order valence-corrected chi connectivity index (χ3v) is 4.20. The molecule has 2 N–H and O–H groups in total. The van der Waals surface area contributed by atoms with Crippen LogP contribution in [0.25, 0.3) is 0 Å². The minimum absolute atomic E-state index is 0.110. The predicted molar refractivity (Wildman–Crippen MR) is 65.5 cm³/mol. The molecule has 0 amide bonds. The van der Waals surface area contributed by atoms with Crippen molar-refractivity contribution in [2.75, 3.05) is 13.1 Å². The standard InChI is InChI=1S/C11H22N2S/c1-4-9(2)13-7-5-11(3,6-8-13)10(12)14/h9H,4-8H2,1-3H3,(H2,12,14). The van der Waals surface area contributed by atoms with E-state index >= 15 is 0 Å². The third kappa shape index (κ3) is 2.45. The van der Waals surface area contributed by atoms with Gasteiger partial charge in [0.1, 0.15) is 0 Å². The molecule has 1 fully saturated rings. The second-order valence-corrected chi connectivity index (χ2v) is 5.16. The molecule has 1 atom stereocenters. The Morgan fingerprint density at radius 2 is 2.00 bits per heavy atom. The molecule has 2 nitrogen and oxygen atoms in total. The monoisotopic (exact) mass is 214 g/mol. The number of nitrogens with zero attached hydrogens (tertiary/aromatic N) is 1. The van der Waals surface area contributed by atoms with Gasteiger partial charge in [-0.25, -0.2) is 0 Å². The molecule has 14 heavy (non-hydrogen) atoms. The van der Waals surface area contributed by atoms with Crippen LogP contribution >= 0.6 is 12.2 Å². The van der Waals surface area contributed by atoms with Crippen molar-refractivity contribution in [3.63, 3.8) is 0 Å². The molecule has 1 rings (SSSR count). The molecule has 0 bridgehead atoms. The summed E-state index contributed by atoms with van der Waals surface area (Å²) in [5.41, 5.74) is 5.88. The fraction of sp³-hybridized carbons (Fsp3) is 0.909. The average Bonchev–Trinajstić information content (AvgIpc) is 2.17. The lowest BCUT2D eigenvalue weighted by molar-refractivity contribution is 0.123. The maximum atomic E-state index is 5.77. The summed E-state index contributed by atoms with van der Waals surface area (Å²) in [7, 11) is 0. The molecule has 1 aliphatic heterocycles. The highest BCUT2D eigenvalue weighted by Crippen LogP contribution is 2.32. The third-order valence-electron chi connectivity index (χ3n) is 3.71. The minimum atomic E-state index is 0.110. The van der Waals surface area contributed by atoms with Crippen LogP contribution < -0.4 is 5.73 Å². The van der Waals surface area contributed by atoms with Gasteiger partial charge >= 0.3 is 0 Å². The SMILES string of the molecule is CCC(C)N1CCC(C)(C(N)=S)CC1. The van der Waals surface area contributed by atoms with Crippen molar-refractivity contribution in [2.24, 2.45) is 11.1 Å². The van der Waals surface area contributed by atoms with Crippen LogP contribution in [0.4, 0.5) is 0 Å². The van der Waals surface area contributed by atoms with Gasteiger partial charge in [0, 0.05) is 11.5 Å². The number of piperidine rings is 1. The maximum absolute atomic E-state index is 5.77. The van der Waals surface area contributed by atoms with Crippen LogP contribution in [0, 0.1) is 5.41 Å². The summed E-state index contributed by atoms with van der Waals surface area (Å²) in [6.07, 6.45) is 3.46. The summed E-state index contributed by atoms with van der Waals surface area (Å²) in [5, 5.41) is 0. The average molecular weight is 214 g/mol. The summed E-state index contributed by atoms with van der Waals surface area (Å²) in [4.78, 5) is 3.24. The van der Waals surface area contributed by atoms with E-state index in [4.69, 9.17) is 18.0 Å². The first-order valence-electron chi connectivity index (χ1n) is 5.53. The van der Waals surface area contributed by atoms with Gasteiger partial charge in [-0.05, 0) is 39.3 Å². The molecule has 0 aromatic rings. The normalized spacial score (nSPS) is 24.5. The van der Waals surface area contributed by atoms with Gasteiger partial charge in [-0.3, -0.25) is 0 Å². The topological polar surface area (TPSA) is 29.3 Å². The molecular weight excluding hydrogens is 192 g/mol. The van der Waals surface area contributed by atoms with E-state index in [0.29, 0.717) is 11.0 Å². The Balaban J connectivity index is 2.49. The lowest BCUT2D eigenvalue weighted by Crippen LogP contribution is -2.47. The van der Waals surface area contributed by atoms with Gasteiger partial charge in [-0.15, -0.1) is 0 Å². The van der Waals surface area contributed by atoms with Crippen LogP contribution in [-0.4, -0.2) is 29.0 Å². The van der Waals surface area contributed by atoms with Crippen molar-refractivity contribution < 1.29 is 0 Å². The highest BCUT2D eigenvalue weighted by Gasteiger charge is 2.33. The Morgan fingerprint density at radius 1 is 1.50 bits per heavy atom. The van der Waals surface area contributed by atoms with Gasteiger partial charge < -0.3 is 10.6 Å². The molecule has 0 saturated carbocycles. The minimum Gasteiger partial charge on any atom is -0.393 e. The summed E-state index contributed by atoms with van der Waals surface area (Å²) >= 11 is 5.12. The molecule has 0 aromatic heterocycles. The van der Waals surface area contributed by atoms with Crippen LogP contribution in [0.15, 0.2) is 0 Å². The summed E-state index contributed by atoms with van der Waals surface area (Å²) in [5.74, 6) is 0. The van der Waals surface area contributed by atoms with E-state index in [1.165, 1.54) is 6.42 Å². The van der Waals surface area contributed by atoms with Crippen molar-refractivity contribution in [3.05, 3.63) is 0 Å². The zero-order chi connectivity index (χ0) is 10.8. The van der Waals surface area contributed by atoms with E-state index in [1.807, 2.05) is 0 Å². The summed E-state index contributed by atoms with van der Waals surface area (Å²) < 4.78 is 0. The van der Waals surface area contributed by atoms with E-state index in [1.54, 1.807) is 0 Å². The Hall–Kier alpha value is -0.150. The van der Waals surface area contributed by atoms with E-state index in [0.717, 1.165) is 25.9 Å². The zero-order valence-corrected chi connectivity index (χ0v) is 10.4. The fourth-order valence-electron chi connectivity index (χ4n) is 1.96. The number of thiocarbonyl (C=S) groups is 1. The van der Waals surface area contributed by atoms with Crippen molar-refractivity contribution in [1.82, 2.24) is 4.90 Å². The van der Waals surface area contributed by atoms with Crippen molar-refractivity contribution in [2.45, 2.75) is 46.1 Å². The summed E-state index contributed by atoms with van der Waals surface area (Å²) in [6.45, 7) is 9.02. The number of hydrogen-bond acceptors (Lipinski definition) is 2. The van der Waals surface area contributed by atoms with Gasteiger partial charge in [0.25, 0.3) is 0 Å². The van der Waals surface area contributed by atoms with Gasteiger partial charge in [0.2, 0.25) is 0 Å². The molecule has 1 heterocycles. The number of rotatable bonds is 3. The highest BCUT2D eigenvalue weighted by atomic mass is 32.1. The molecule has 3 heteroatoms. The van der Waals surface area contributed by atoms with Crippen LogP contribution in [0.2, 0.25) is 0 Å². The van der Waals surface area contributed by atoms with E-state index in [9.17, 15) is 0 Å². The first kappa shape index (κ1) is 11.9. The molecule has 1 aliphatic rings. The Morgan fingerprint density at radius 3 is 2.36 bits per heavy atom. The number of likely N-dealkylation sites (tertiary alicyclic amines) is 1. The summed E-state index contributed by atoms with van der Waals surface area (Å²) in [6, 6.07) is 0.700. The maximum Gasteiger partial charge on any atom is 0.0788 e. The van der Waals surface area contributed by atoms with Crippen molar-refractivity contribution in [3.8, 4) is 0 Å². The van der Waals surface area contributed by atoms with Crippen molar-refractivity contribution >= 4 is 17.2 Å². The largest absolute Gasteiger partial charge is 0.393 e. The Kier molecular flexibility index (Phi) is 3.90. The number of hydrogen-bond donors (Lipinski definition) is 1. The van der Waals surface area contributed by atoms with Gasteiger partial charge in [-0.2, -0.15) is 0 Å². The smallest absolute Gasteiger partial charge is 0.0788 e. The molecule has 1 saturated heterocycles. The Bertz CT molecular complexity index is 207.